The van der Waals surface area contributed by atoms with Crippen molar-refractivity contribution in [2.45, 2.75) is 19.4 Å². The van der Waals surface area contributed by atoms with Crippen molar-refractivity contribution < 1.29 is 31.8 Å². The molecule has 0 unspecified atom stereocenters. The molecule has 17 heavy (non-hydrogen) atoms. The predicted octanol–water partition coefficient (Wildman–Crippen LogP) is -1.56. The van der Waals surface area contributed by atoms with Crippen LogP contribution in [-0.4, -0.2) is 50.5 Å². The SMILES string of the molecule is CCO[Si](O)(O)CCCNC(=O)NS(=O)(=O)O. The molecule has 0 bridgehead atoms. The highest BCUT2D eigenvalue weighted by Gasteiger charge is 2.30. The van der Waals surface area contributed by atoms with Gasteiger partial charge in [-0.05, 0) is 13.3 Å². The summed E-state index contributed by atoms with van der Waals surface area (Å²) in [5, 5.41) is 2.11. The van der Waals surface area contributed by atoms with E-state index in [4.69, 9.17) is 8.98 Å². The number of carbonyl (C=O) groups is 1. The molecule has 2 amide bonds. The fraction of sp³-hybridized carbons (Fsp3) is 0.833. The molecule has 0 saturated heterocycles. The van der Waals surface area contributed by atoms with Gasteiger partial charge in [-0.25, -0.2) is 9.52 Å². The molecule has 0 rings (SSSR count). The Morgan fingerprint density at radius 3 is 2.47 bits per heavy atom. The van der Waals surface area contributed by atoms with Gasteiger partial charge in [0.15, 0.2) is 0 Å². The first kappa shape index (κ1) is 16.3. The maximum Gasteiger partial charge on any atom is 0.495 e. The Morgan fingerprint density at radius 2 is 2.00 bits per heavy atom. The summed E-state index contributed by atoms with van der Waals surface area (Å²) in [7, 11) is -8.24. The number of amides is 2. The predicted molar refractivity (Wildman–Crippen MR) is 59.3 cm³/mol. The molecule has 11 heteroatoms. The van der Waals surface area contributed by atoms with Gasteiger partial charge in [-0.2, -0.15) is 8.42 Å². The number of nitrogens with one attached hydrogen (secondary N) is 2. The Hall–Kier alpha value is -0.723. The second-order valence-corrected chi connectivity index (χ2v) is 6.54. The van der Waals surface area contributed by atoms with Gasteiger partial charge in [0.25, 0.3) is 0 Å². The van der Waals surface area contributed by atoms with Crippen molar-refractivity contribution in [3.63, 3.8) is 0 Å². The summed E-state index contributed by atoms with van der Waals surface area (Å²) < 4.78 is 34.6. The molecule has 0 radical (unpaired) electrons. The lowest BCUT2D eigenvalue weighted by atomic mass is 10.5. The number of carbonyl (C=O) groups excluding carboxylic acids is 1. The van der Waals surface area contributed by atoms with Crippen molar-refractivity contribution in [3.8, 4) is 0 Å². The van der Waals surface area contributed by atoms with Gasteiger partial charge in [-0.1, -0.05) is 0 Å². The third-order valence-corrected chi connectivity index (χ3v) is 3.76. The van der Waals surface area contributed by atoms with Gasteiger partial charge in [-0.15, -0.1) is 0 Å². The lowest BCUT2D eigenvalue weighted by molar-refractivity contribution is 0.155. The molecular weight excluding hydrogens is 272 g/mol. The Balaban J connectivity index is 3.75. The molecule has 5 N–H and O–H groups in total. The Morgan fingerprint density at radius 1 is 1.41 bits per heavy atom. The van der Waals surface area contributed by atoms with E-state index in [1.165, 1.54) is 4.72 Å². The Labute approximate surface area is 100 Å². The highest BCUT2D eigenvalue weighted by Crippen LogP contribution is 2.05. The molecule has 0 aliphatic carbocycles. The van der Waals surface area contributed by atoms with Crippen molar-refractivity contribution in [1.29, 1.82) is 0 Å². The highest BCUT2D eigenvalue weighted by molar-refractivity contribution is 7.84. The van der Waals surface area contributed by atoms with E-state index in [-0.39, 0.29) is 25.6 Å². The molecule has 0 fully saturated rings. The summed E-state index contributed by atoms with van der Waals surface area (Å²) in [6, 6.07) is -1.11. The van der Waals surface area contributed by atoms with Crippen LogP contribution in [0, 0.1) is 0 Å². The van der Waals surface area contributed by atoms with E-state index in [1.54, 1.807) is 6.92 Å². The van der Waals surface area contributed by atoms with Gasteiger partial charge in [-0.3, -0.25) is 4.55 Å². The van der Waals surface area contributed by atoms with Crippen molar-refractivity contribution in [3.05, 3.63) is 0 Å². The minimum Gasteiger partial charge on any atom is -0.390 e. The zero-order chi connectivity index (χ0) is 13.5. The maximum atomic E-state index is 10.8. The Bertz CT molecular complexity index is 344. The third kappa shape index (κ3) is 10.2. The fourth-order valence-electron chi connectivity index (χ4n) is 0.977. The molecule has 102 valence electrons. The monoisotopic (exact) mass is 288 g/mol. The van der Waals surface area contributed by atoms with Crippen LogP contribution in [0.15, 0.2) is 0 Å². The molecule has 0 aromatic heterocycles. The lowest BCUT2D eigenvalue weighted by Gasteiger charge is -2.16. The van der Waals surface area contributed by atoms with Gasteiger partial charge < -0.3 is 19.3 Å². The third-order valence-electron chi connectivity index (χ3n) is 1.56. The molecule has 0 spiro atoms. The number of hydrogen-bond donors (Lipinski definition) is 5. The van der Waals surface area contributed by atoms with Crippen LogP contribution in [-0.2, 0) is 14.7 Å². The van der Waals surface area contributed by atoms with Crippen molar-refractivity contribution >= 4 is 25.1 Å². The van der Waals surface area contributed by atoms with E-state index in [0.29, 0.717) is 0 Å². The maximum absolute atomic E-state index is 10.8. The first-order valence-corrected chi connectivity index (χ1v) is 8.23. The van der Waals surface area contributed by atoms with E-state index in [0.717, 1.165) is 0 Å². The molecular formula is C6H16N2O7SSi. The zero-order valence-electron chi connectivity index (χ0n) is 9.21. The van der Waals surface area contributed by atoms with Crippen LogP contribution < -0.4 is 10.0 Å². The Kier molecular flexibility index (Phi) is 6.59. The molecule has 0 aliphatic rings. The van der Waals surface area contributed by atoms with E-state index < -0.39 is 25.1 Å². The molecule has 0 heterocycles. The minimum atomic E-state index is -4.57. The van der Waals surface area contributed by atoms with Crippen LogP contribution in [0.5, 0.6) is 0 Å². The van der Waals surface area contributed by atoms with E-state index in [2.05, 4.69) is 5.32 Å². The summed E-state index contributed by atoms with van der Waals surface area (Å²) >= 11 is 0. The van der Waals surface area contributed by atoms with Gasteiger partial charge in [0.05, 0.1) is 0 Å². The van der Waals surface area contributed by atoms with Crippen LogP contribution in [0.3, 0.4) is 0 Å². The average Bonchev–Trinajstić information content (AvgIpc) is 2.09. The summed E-state index contributed by atoms with van der Waals surface area (Å²) in [5.74, 6) is 0. The van der Waals surface area contributed by atoms with Crippen LogP contribution in [0.1, 0.15) is 13.3 Å². The molecule has 0 atom stereocenters. The summed E-state index contributed by atoms with van der Waals surface area (Å²) in [5.41, 5.74) is 0. The largest absolute Gasteiger partial charge is 0.495 e. The van der Waals surface area contributed by atoms with E-state index >= 15 is 0 Å². The van der Waals surface area contributed by atoms with Crippen molar-refractivity contribution in [2.24, 2.45) is 0 Å². The number of urea groups is 1. The molecule has 0 saturated carbocycles. The van der Waals surface area contributed by atoms with Crippen LogP contribution in [0.2, 0.25) is 6.04 Å². The standard InChI is InChI=1S/C6H16N2O7SSi/c1-2-15-17(13,14)5-3-4-7-6(9)8-16(10,11)12/h13-14H,2-5H2,1H3,(H2,7,8,9)(H,10,11,12). The quantitative estimate of drug-likeness (QED) is 0.216. The van der Waals surface area contributed by atoms with Gasteiger partial charge >= 0.3 is 25.1 Å². The number of hydrogen-bond acceptors (Lipinski definition) is 6. The average molecular weight is 288 g/mol. The zero-order valence-corrected chi connectivity index (χ0v) is 11.0. The summed E-state index contributed by atoms with van der Waals surface area (Å²) in [4.78, 5) is 29.4. The van der Waals surface area contributed by atoms with Gasteiger partial charge in [0.2, 0.25) is 0 Å². The van der Waals surface area contributed by atoms with Crippen LogP contribution in [0.25, 0.3) is 0 Å². The summed E-state index contributed by atoms with van der Waals surface area (Å²) in [6.07, 6.45) is 0.206. The van der Waals surface area contributed by atoms with Gasteiger partial charge in [0.1, 0.15) is 0 Å². The lowest BCUT2D eigenvalue weighted by Crippen LogP contribution is -2.42. The molecule has 0 aromatic carbocycles. The fourth-order valence-corrected chi connectivity index (χ4v) is 2.53. The van der Waals surface area contributed by atoms with E-state index in [1.807, 2.05) is 0 Å². The minimum absolute atomic E-state index is 0.0182. The van der Waals surface area contributed by atoms with Crippen LogP contribution in [0.4, 0.5) is 4.79 Å². The number of rotatable bonds is 7. The molecule has 0 aromatic rings. The first-order chi connectivity index (χ1) is 7.66. The highest BCUT2D eigenvalue weighted by atomic mass is 32.2. The second kappa shape index (κ2) is 6.88. The smallest absolute Gasteiger partial charge is 0.390 e. The van der Waals surface area contributed by atoms with E-state index in [9.17, 15) is 22.8 Å². The first-order valence-electron chi connectivity index (χ1n) is 4.78. The van der Waals surface area contributed by atoms with Gasteiger partial charge in [0, 0.05) is 19.2 Å². The molecule has 0 aliphatic heterocycles. The summed E-state index contributed by atoms with van der Waals surface area (Å²) in [6.45, 7) is 1.81. The normalized spacial score (nSPS) is 12.2. The van der Waals surface area contributed by atoms with Crippen molar-refractivity contribution in [2.75, 3.05) is 13.2 Å². The van der Waals surface area contributed by atoms with Crippen LogP contribution >= 0.6 is 0 Å². The van der Waals surface area contributed by atoms with Crippen molar-refractivity contribution in [1.82, 2.24) is 10.0 Å². The second-order valence-electron chi connectivity index (χ2n) is 3.11. The topological polar surface area (TPSA) is 145 Å². The molecule has 9 nitrogen and oxygen atoms in total.